The van der Waals surface area contributed by atoms with Crippen molar-refractivity contribution in [1.29, 1.82) is 0 Å². The summed E-state index contributed by atoms with van der Waals surface area (Å²) in [6.07, 6.45) is 0. The van der Waals surface area contributed by atoms with Crippen LogP contribution in [0.4, 0.5) is 17.8 Å². The van der Waals surface area contributed by atoms with E-state index in [1.54, 1.807) is 12.1 Å². The van der Waals surface area contributed by atoms with Crippen molar-refractivity contribution < 1.29 is 8.42 Å². The van der Waals surface area contributed by atoms with Gasteiger partial charge in [0.05, 0.1) is 4.90 Å². The number of rotatable bonds is 1. The van der Waals surface area contributed by atoms with Gasteiger partial charge in [-0.25, -0.2) is 13.6 Å². The second kappa shape index (κ2) is 6.12. The molecule has 0 unspecified atom stereocenters. The quantitative estimate of drug-likeness (QED) is 0.531. The Balaban J connectivity index is 0.000000204. The minimum Gasteiger partial charge on any atom is -0.368 e. The first-order valence-electron chi connectivity index (χ1n) is 5.30. The van der Waals surface area contributed by atoms with Crippen LogP contribution >= 0.6 is 0 Å². The van der Waals surface area contributed by atoms with E-state index in [0.29, 0.717) is 0 Å². The van der Waals surface area contributed by atoms with Gasteiger partial charge in [-0.3, -0.25) is 0 Å². The summed E-state index contributed by atoms with van der Waals surface area (Å²) in [4.78, 5) is 10.6. The molecule has 0 radical (unpaired) electrons. The summed E-state index contributed by atoms with van der Waals surface area (Å²) in [6, 6.07) is 6.40. The van der Waals surface area contributed by atoms with E-state index in [4.69, 9.17) is 22.3 Å². The van der Waals surface area contributed by atoms with Crippen LogP contribution in [0, 0.1) is 6.92 Å². The molecule has 0 saturated heterocycles. The van der Waals surface area contributed by atoms with E-state index in [0.717, 1.165) is 5.56 Å². The van der Waals surface area contributed by atoms with Crippen LogP contribution in [0.3, 0.4) is 0 Å². The number of primary sulfonamides is 1. The number of sulfonamides is 1. The van der Waals surface area contributed by atoms with E-state index in [2.05, 4.69) is 15.0 Å². The molecule has 2 rings (SSSR count). The number of aryl methyl sites for hydroxylation is 1. The second-order valence-corrected chi connectivity index (χ2v) is 5.33. The predicted octanol–water partition coefficient (Wildman–Crippen LogP) is -0.739. The van der Waals surface area contributed by atoms with Crippen molar-refractivity contribution in [3.8, 4) is 0 Å². The summed E-state index contributed by atoms with van der Waals surface area (Å²) in [5.41, 5.74) is 16.4. The van der Waals surface area contributed by atoms with Crippen LogP contribution in [-0.2, 0) is 10.0 Å². The van der Waals surface area contributed by atoms with E-state index in [1.165, 1.54) is 12.1 Å². The Morgan fingerprint density at radius 2 is 1.20 bits per heavy atom. The monoisotopic (exact) mass is 297 g/mol. The number of hydrogen-bond acceptors (Lipinski definition) is 8. The first-order chi connectivity index (χ1) is 9.18. The van der Waals surface area contributed by atoms with E-state index in [1.807, 2.05) is 6.92 Å². The first kappa shape index (κ1) is 15.6. The zero-order chi connectivity index (χ0) is 15.3. The minimum atomic E-state index is -3.52. The normalized spacial score (nSPS) is 10.5. The summed E-state index contributed by atoms with van der Waals surface area (Å²) in [7, 11) is -3.52. The maximum absolute atomic E-state index is 10.7. The second-order valence-electron chi connectivity index (χ2n) is 3.77. The number of nitrogens with two attached hydrogens (primary N) is 4. The number of nitrogens with zero attached hydrogens (tertiary/aromatic N) is 3. The highest BCUT2D eigenvalue weighted by Gasteiger charge is 2.04. The summed E-state index contributed by atoms with van der Waals surface area (Å²) in [5.74, 6) is 0.125. The highest BCUT2D eigenvalue weighted by molar-refractivity contribution is 7.89. The maximum atomic E-state index is 10.7. The van der Waals surface area contributed by atoms with Gasteiger partial charge >= 0.3 is 0 Å². The molecule has 1 heterocycles. The van der Waals surface area contributed by atoms with Crippen LogP contribution in [0.2, 0.25) is 0 Å². The van der Waals surface area contributed by atoms with Crippen molar-refractivity contribution in [2.24, 2.45) is 5.14 Å². The number of anilines is 3. The van der Waals surface area contributed by atoms with Gasteiger partial charge in [0.1, 0.15) is 0 Å². The lowest BCUT2D eigenvalue weighted by Gasteiger charge is -1.96. The molecule has 9 nitrogen and oxygen atoms in total. The molecule has 0 saturated carbocycles. The lowest BCUT2D eigenvalue weighted by molar-refractivity contribution is 0.598. The molecule has 10 heteroatoms. The topological polar surface area (TPSA) is 177 Å². The van der Waals surface area contributed by atoms with Crippen molar-refractivity contribution in [2.45, 2.75) is 11.8 Å². The summed E-state index contributed by atoms with van der Waals surface area (Å²) >= 11 is 0. The molecule has 0 aliphatic heterocycles. The number of hydrogen-bond donors (Lipinski definition) is 4. The van der Waals surface area contributed by atoms with Crippen LogP contribution in [0.25, 0.3) is 0 Å². The highest BCUT2D eigenvalue weighted by Crippen LogP contribution is 2.06. The van der Waals surface area contributed by atoms with Crippen molar-refractivity contribution in [1.82, 2.24) is 15.0 Å². The van der Waals surface area contributed by atoms with Crippen LogP contribution in [0.5, 0.6) is 0 Å². The summed E-state index contributed by atoms with van der Waals surface area (Å²) < 4.78 is 21.4. The lowest BCUT2D eigenvalue weighted by atomic mass is 10.2. The van der Waals surface area contributed by atoms with Gasteiger partial charge in [0.25, 0.3) is 0 Å². The summed E-state index contributed by atoms with van der Waals surface area (Å²) in [5, 5.41) is 4.88. The van der Waals surface area contributed by atoms with Crippen molar-refractivity contribution in [3.63, 3.8) is 0 Å². The first-order valence-corrected chi connectivity index (χ1v) is 6.85. The van der Waals surface area contributed by atoms with Gasteiger partial charge in [0, 0.05) is 0 Å². The molecule has 20 heavy (non-hydrogen) atoms. The molecule has 1 aromatic carbocycles. The smallest absolute Gasteiger partial charge is 0.238 e. The Labute approximate surface area is 116 Å². The van der Waals surface area contributed by atoms with Crippen LogP contribution in [-0.4, -0.2) is 23.4 Å². The molecule has 1 aromatic heterocycles. The third-order valence-corrected chi connectivity index (χ3v) is 2.97. The van der Waals surface area contributed by atoms with Crippen LogP contribution < -0.4 is 22.3 Å². The molecule has 0 fully saturated rings. The number of nitrogen functional groups attached to an aromatic ring is 3. The molecule has 0 bridgehead atoms. The zero-order valence-electron chi connectivity index (χ0n) is 10.7. The van der Waals surface area contributed by atoms with E-state index in [9.17, 15) is 8.42 Å². The fraction of sp³-hybridized carbons (Fsp3) is 0.100. The van der Waals surface area contributed by atoms with E-state index >= 15 is 0 Å². The zero-order valence-corrected chi connectivity index (χ0v) is 11.5. The van der Waals surface area contributed by atoms with Gasteiger partial charge in [-0.2, -0.15) is 15.0 Å². The fourth-order valence-corrected chi connectivity index (χ4v) is 1.67. The third kappa shape index (κ3) is 5.04. The van der Waals surface area contributed by atoms with E-state index in [-0.39, 0.29) is 22.7 Å². The molecular weight excluding hydrogens is 282 g/mol. The Hall–Kier alpha value is -2.46. The van der Waals surface area contributed by atoms with Crippen LogP contribution in [0.1, 0.15) is 5.56 Å². The SMILES string of the molecule is Cc1ccc(S(N)(=O)=O)cc1.Nc1nc(N)nc(N)n1. The maximum Gasteiger partial charge on any atom is 0.238 e. The molecule has 0 aliphatic rings. The molecule has 2 aromatic rings. The van der Waals surface area contributed by atoms with Gasteiger partial charge in [0.2, 0.25) is 27.9 Å². The Kier molecular flexibility index (Phi) is 4.78. The molecular formula is C10H15N7O2S. The van der Waals surface area contributed by atoms with E-state index < -0.39 is 10.0 Å². The van der Waals surface area contributed by atoms with Crippen molar-refractivity contribution >= 4 is 27.9 Å². The molecule has 0 atom stereocenters. The fourth-order valence-electron chi connectivity index (χ4n) is 1.16. The van der Waals surface area contributed by atoms with Gasteiger partial charge in [-0.05, 0) is 19.1 Å². The molecule has 0 amide bonds. The predicted molar refractivity (Wildman–Crippen MR) is 75.6 cm³/mol. The lowest BCUT2D eigenvalue weighted by Crippen LogP contribution is -2.11. The van der Waals surface area contributed by atoms with Gasteiger partial charge in [0.15, 0.2) is 0 Å². The Morgan fingerprint density at radius 1 is 0.850 bits per heavy atom. The largest absolute Gasteiger partial charge is 0.368 e. The Bertz CT molecular complexity index is 635. The number of benzene rings is 1. The molecule has 0 spiro atoms. The van der Waals surface area contributed by atoms with Gasteiger partial charge < -0.3 is 17.2 Å². The third-order valence-electron chi connectivity index (χ3n) is 2.04. The van der Waals surface area contributed by atoms with Crippen molar-refractivity contribution in [2.75, 3.05) is 17.2 Å². The van der Waals surface area contributed by atoms with Crippen LogP contribution in [0.15, 0.2) is 29.2 Å². The average molecular weight is 297 g/mol. The molecule has 0 aliphatic carbocycles. The van der Waals surface area contributed by atoms with Crippen molar-refractivity contribution in [3.05, 3.63) is 29.8 Å². The average Bonchev–Trinajstić information content (AvgIpc) is 2.26. The number of aromatic nitrogens is 3. The molecule has 8 N–H and O–H groups in total. The molecule has 108 valence electrons. The Morgan fingerprint density at radius 3 is 1.50 bits per heavy atom. The standard InChI is InChI=1S/C7H9NO2S.C3H6N6/c1-6-2-4-7(5-3-6)11(8,9)10;4-1-7-2(5)9-3(6)8-1/h2-5H,1H3,(H2,8,9,10);(H6,4,5,6,7,8,9). The minimum absolute atomic E-state index is 0.0417. The highest BCUT2D eigenvalue weighted by atomic mass is 32.2. The van der Waals surface area contributed by atoms with Gasteiger partial charge in [-0.15, -0.1) is 0 Å². The van der Waals surface area contributed by atoms with Gasteiger partial charge in [-0.1, -0.05) is 17.7 Å². The summed E-state index contributed by atoms with van der Waals surface area (Å²) in [6.45, 7) is 1.88.